The molecule has 4 aromatic rings. The number of ether oxygens (including phenoxy) is 2. The fraction of sp³-hybridized carbons (Fsp3) is 0.207. The summed E-state index contributed by atoms with van der Waals surface area (Å²) < 4.78 is 12.5. The third kappa shape index (κ3) is 4.34. The topological polar surface area (TPSA) is 68.6 Å². The van der Waals surface area contributed by atoms with E-state index < -0.39 is 0 Å². The molecular formula is C29H28N4O3S. The van der Waals surface area contributed by atoms with Gasteiger partial charge < -0.3 is 24.3 Å². The van der Waals surface area contributed by atoms with Gasteiger partial charge in [0.15, 0.2) is 5.11 Å². The summed E-state index contributed by atoms with van der Waals surface area (Å²) in [6, 6.07) is 23.1. The number of para-hydroxylation sites is 1. The SMILES string of the molecule is COC(=O)c1ccccc1-n1c(C)cc([C@H]2[C@H](c3ccccn3)NC(=S)N2c2ccc(OC)cc2)c1C. The average molecular weight is 513 g/mol. The normalized spacial score (nSPS) is 17.0. The van der Waals surface area contributed by atoms with Crippen molar-refractivity contribution in [1.29, 1.82) is 0 Å². The van der Waals surface area contributed by atoms with E-state index in [9.17, 15) is 4.79 Å². The Labute approximate surface area is 221 Å². The van der Waals surface area contributed by atoms with Gasteiger partial charge in [-0.1, -0.05) is 18.2 Å². The molecular weight excluding hydrogens is 484 g/mol. The maximum absolute atomic E-state index is 12.6. The van der Waals surface area contributed by atoms with Gasteiger partial charge in [0.1, 0.15) is 5.75 Å². The molecule has 2 aromatic carbocycles. The number of esters is 1. The number of hydrogen-bond acceptors (Lipinski definition) is 5. The number of pyridine rings is 1. The average Bonchev–Trinajstić information content (AvgIpc) is 3.43. The van der Waals surface area contributed by atoms with E-state index in [0.717, 1.165) is 39.8 Å². The Kier molecular flexibility index (Phi) is 6.67. The molecule has 1 aliphatic heterocycles. The highest BCUT2D eigenvalue weighted by Crippen LogP contribution is 2.44. The van der Waals surface area contributed by atoms with Crippen molar-refractivity contribution < 1.29 is 14.3 Å². The summed E-state index contributed by atoms with van der Waals surface area (Å²) in [7, 11) is 3.05. The summed E-state index contributed by atoms with van der Waals surface area (Å²) in [5.74, 6) is 0.400. The van der Waals surface area contributed by atoms with E-state index in [1.807, 2.05) is 67.6 Å². The van der Waals surface area contributed by atoms with Gasteiger partial charge in [-0.3, -0.25) is 4.98 Å². The van der Waals surface area contributed by atoms with Crippen LogP contribution < -0.4 is 15.0 Å². The number of benzene rings is 2. The van der Waals surface area contributed by atoms with Crippen LogP contribution in [0.2, 0.25) is 0 Å². The monoisotopic (exact) mass is 512 g/mol. The molecule has 2 aromatic heterocycles. The van der Waals surface area contributed by atoms with Gasteiger partial charge in [0.25, 0.3) is 0 Å². The molecule has 1 aliphatic rings. The van der Waals surface area contributed by atoms with Crippen LogP contribution in [-0.4, -0.2) is 34.9 Å². The van der Waals surface area contributed by atoms with Crippen molar-refractivity contribution in [1.82, 2.24) is 14.9 Å². The molecule has 1 saturated heterocycles. The Bertz CT molecular complexity index is 1450. The molecule has 0 amide bonds. The maximum atomic E-state index is 12.6. The maximum Gasteiger partial charge on any atom is 0.339 e. The Morgan fingerprint density at radius 2 is 1.73 bits per heavy atom. The van der Waals surface area contributed by atoms with Crippen LogP contribution in [0.15, 0.2) is 79.0 Å². The Morgan fingerprint density at radius 3 is 2.41 bits per heavy atom. The number of thiocarbonyl (C=S) groups is 1. The largest absolute Gasteiger partial charge is 0.497 e. The van der Waals surface area contributed by atoms with Crippen molar-refractivity contribution in [2.45, 2.75) is 25.9 Å². The summed E-state index contributed by atoms with van der Waals surface area (Å²) in [5.41, 5.74) is 6.20. The second kappa shape index (κ2) is 10.1. The van der Waals surface area contributed by atoms with Crippen LogP contribution in [0.3, 0.4) is 0 Å². The van der Waals surface area contributed by atoms with Crippen LogP contribution in [0.1, 0.15) is 45.1 Å². The zero-order chi connectivity index (χ0) is 26.1. The van der Waals surface area contributed by atoms with E-state index in [-0.39, 0.29) is 18.1 Å². The van der Waals surface area contributed by atoms with Crippen LogP contribution in [0.4, 0.5) is 5.69 Å². The lowest BCUT2D eigenvalue weighted by molar-refractivity contribution is 0.0600. The summed E-state index contributed by atoms with van der Waals surface area (Å²) in [5, 5.41) is 4.13. The first-order valence-corrected chi connectivity index (χ1v) is 12.4. The molecule has 7 nitrogen and oxygen atoms in total. The van der Waals surface area contributed by atoms with E-state index in [0.29, 0.717) is 10.7 Å². The van der Waals surface area contributed by atoms with Crippen molar-refractivity contribution in [3.05, 3.63) is 107 Å². The van der Waals surface area contributed by atoms with E-state index in [4.69, 9.17) is 21.7 Å². The predicted octanol–water partition coefficient (Wildman–Crippen LogP) is 5.46. The summed E-state index contributed by atoms with van der Waals surface area (Å²) in [4.78, 5) is 19.4. The lowest BCUT2D eigenvalue weighted by Crippen LogP contribution is -2.29. The molecule has 0 aliphatic carbocycles. The van der Waals surface area contributed by atoms with Gasteiger partial charge in [-0.15, -0.1) is 0 Å². The number of rotatable bonds is 6. The van der Waals surface area contributed by atoms with Crippen molar-refractivity contribution in [3.63, 3.8) is 0 Å². The van der Waals surface area contributed by atoms with Crippen molar-refractivity contribution in [3.8, 4) is 11.4 Å². The number of carbonyl (C=O) groups excluding carboxylic acids is 1. The van der Waals surface area contributed by atoms with Crippen molar-refractivity contribution >= 4 is 29.0 Å². The summed E-state index contributed by atoms with van der Waals surface area (Å²) >= 11 is 5.87. The fourth-order valence-corrected chi connectivity index (χ4v) is 5.45. The number of carbonyl (C=O) groups is 1. The van der Waals surface area contributed by atoms with Gasteiger partial charge in [-0.25, -0.2) is 4.79 Å². The Balaban J connectivity index is 1.68. The van der Waals surface area contributed by atoms with E-state index in [1.165, 1.54) is 7.11 Å². The number of aryl methyl sites for hydroxylation is 1. The lowest BCUT2D eigenvalue weighted by atomic mass is 9.96. The number of nitrogens with one attached hydrogen (secondary N) is 1. The number of aromatic nitrogens is 2. The Morgan fingerprint density at radius 1 is 1.00 bits per heavy atom. The molecule has 1 fully saturated rings. The summed E-state index contributed by atoms with van der Waals surface area (Å²) in [6.07, 6.45) is 1.79. The molecule has 5 rings (SSSR count). The van der Waals surface area contributed by atoms with Gasteiger partial charge in [0.05, 0.1) is 43.2 Å². The van der Waals surface area contributed by atoms with E-state index in [2.05, 4.69) is 32.8 Å². The van der Waals surface area contributed by atoms with Crippen molar-refractivity contribution in [2.75, 3.05) is 19.1 Å². The second-order valence-electron chi connectivity index (χ2n) is 8.87. The second-order valence-corrected chi connectivity index (χ2v) is 9.25. The van der Waals surface area contributed by atoms with Gasteiger partial charge in [-0.05, 0) is 86.2 Å². The third-order valence-corrected chi connectivity index (χ3v) is 7.10. The molecule has 8 heteroatoms. The van der Waals surface area contributed by atoms with E-state index in [1.54, 1.807) is 19.4 Å². The minimum absolute atomic E-state index is 0.180. The predicted molar refractivity (Wildman–Crippen MR) is 148 cm³/mol. The van der Waals surface area contributed by atoms with Gasteiger partial charge in [-0.2, -0.15) is 0 Å². The van der Waals surface area contributed by atoms with Crippen LogP contribution in [0.25, 0.3) is 5.69 Å². The quantitative estimate of drug-likeness (QED) is 0.272. The van der Waals surface area contributed by atoms with Crippen LogP contribution in [0, 0.1) is 13.8 Å². The first kappa shape index (κ1) is 24.5. The number of anilines is 1. The fourth-order valence-electron chi connectivity index (χ4n) is 5.10. The minimum atomic E-state index is -0.375. The zero-order valence-corrected chi connectivity index (χ0v) is 22.0. The number of methoxy groups -OCH3 is 2. The number of hydrogen-bond donors (Lipinski definition) is 1. The molecule has 0 saturated carbocycles. The highest BCUT2D eigenvalue weighted by atomic mass is 32.1. The molecule has 0 spiro atoms. The molecule has 0 unspecified atom stereocenters. The summed E-state index contributed by atoms with van der Waals surface area (Å²) in [6.45, 7) is 4.11. The first-order chi connectivity index (χ1) is 17.9. The molecule has 37 heavy (non-hydrogen) atoms. The highest BCUT2D eigenvalue weighted by molar-refractivity contribution is 7.80. The standard InChI is InChI=1S/C29H28N4O3S/c1-18-17-23(19(2)32(18)25-11-6-5-9-22(25)28(34)36-4)27-26(24-10-7-8-16-30-24)31-29(37)33(27)20-12-14-21(35-3)15-13-20/h5-17,26-27H,1-4H3,(H,31,37)/t26-,27-/m0/s1. The Hall–Kier alpha value is -4.17. The van der Waals surface area contributed by atoms with Crippen LogP contribution in [-0.2, 0) is 4.74 Å². The van der Waals surface area contributed by atoms with Gasteiger partial charge in [0, 0.05) is 23.3 Å². The van der Waals surface area contributed by atoms with E-state index >= 15 is 0 Å². The van der Waals surface area contributed by atoms with Crippen LogP contribution >= 0.6 is 12.2 Å². The highest BCUT2D eigenvalue weighted by Gasteiger charge is 2.42. The third-order valence-electron chi connectivity index (χ3n) is 6.79. The molecule has 3 heterocycles. The molecule has 0 radical (unpaired) electrons. The lowest BCUT2D eigenvalue weighted by Gasteiger charge is -2.28. The first-order valence-electron chi connectivity index (χ1n) is 12.0. The molecule has 0 bridgehead atoms. The molecule has 1 N–H and O–H groups in total. The van der Waals surface area contributed by atoms with Crippen molar-refractivity contribution in [2.24, 2.45) is 0 Å². The van der Waals surface area contributed by atoms with Gasteiger partial charge >= 0.3 is 5.97 Å². The molecule has 2 atom stereocenters. The minimum Gasteiger partial charge on any atom is -0.497 e. The van der Waals surface area contributed by atoms with Crippen LogP contribution in [0.5, 0.6) is 5.75 Å². The number of nitrogens with zero attached hydrogens (tertiary/aromatic N) is 3. The zero-order valence-electron chi connectivity index (χ0n) is 21.1. The molecule has 188 valence electrons. The van der Waals surface area contributed by atoms with Gasteiger partial charge in [0.2, 0.25) is 0 Å². The smallest absolute Gasteiger partial charge is 0.339 e.